The van der Waals surface area contributed by atoms with Gasteiger partial charge in [-0.1, -0.05) is 29.8 Å². The maximum Gasteiger partial charge on any atom is 0.306 e. The Bertz CT molecular complexity index is 702. The second-order valence-electron chi connectivity index (χ2n) is 5.13. The van der Waals surface area contributed by atoms with Crippen molar-refractivity contribution >= 4 is 23.2 Å². The number of nitrogens with zero attached hydrogens (tertiary/aromatic N) is 3. The molecular formula is C15H17ClN4O3. The number of carbonyl (C=O) groups excluding carboxylic acids is 1. The summed E-state index contributed by atoms with van der Waals surface area (Å²) < 4.78 is 1.46. The van der Waals surface area contributed by atoms with E-state index in [1.165, 1.54) is 17.1 Å². The summed E-state index contributed by atoms with van der Waals surface area (Å²) in [6.45, 7) is 2.32. The van der Waals surface area contributed by atoms with Gasteiger partial charge in [0.2, 0.25) is 5.91 Å². The van der Waals surface area contributed by atoms with E-state index in [-0.39, 0.29) is 17.6 Å². The lowest BCUT2D eigenvalue weighted by Gasteiger charge is -2.15. The maximum atomic E-state index is 11.9. The topological polar surface area (TPSA) is 90.1 Å². The van der Waals surface area contributed by atoms with Crippen LogP contribution in [0.25, 0.3) is 0 Å². The normalized spacial score (nSPS) is 11.9. The SMILES string of the molecule is CC(NC(=O)CCCn1cc([N+](=O)[O-])cn1)c1ccccc1Cl. The monoisotopic (exact) mass is 336 g/mol. The predicted molar refractivity (Wildman–Crippen MR) is 86.1 cm³/mol. The molecule has 1 aromatic heterocycles. The molecule has 2 rings (SSSR count). The maximum absolute atomic E-state index is 11.9. The predicted octanol–water partition coefficient (Wildman–Crippen LogP) is 3.10. The van der Waals surface area contributed by atoms with Crippen LogP contribution in [0.2, 0.25) is 5.02 Å². The van der Waals surface area contributed by atoms with Crippen molar-refractivity contribution in [3.05, 3.63) is 57.4 Å². The average Bonchev–Trinajstić information content (AvgIpc) is 2.96. The third-order valence-corrected chi connectivity index (χ3v) is 3.71. The number of hydrogen-bond acceptors (Lipinski definition) is 4. The number of aromatic nitrogens is 2. The van der Waals surface area contributed by atoms with Gasteiger partial charge in [-0.2, -0.15) is 5.10 Å². The van der Waals surface area contributed by atoms with Crippen LogP contribution in [0.15, 0.2) is 36.7 Å². The zero-order valence-corrected chi connectivity index (χ0v) is 13.4. The van der Waals surface area contributed by atoms with Crippen molar-refractivity contribution < 1.29 is 9.72 Å². The Morgan fingerprint density at radius 3 is 2.87 bits per heavy atom. The summed E-state index contributed by atoms with van der Waals surface area (Å²) in [5.74, 6) is -0.0981. The van der Waals surface area contributed by atoms with E-state index < -0.39 is 4.92 Å². The fourth-order valence-electron chi connectivity index (χ4n) is 2.19. The van der Waals surface area contributed by atoms with Crippen LogP contribution in [0.4, 0.5) is 5.69 Å². The van der Waals surface area contributed by atoms with Gasteiger partial charge < -0.3 is 5.32 Å². The summed E-state index contributed by atoms with van der Waals surface area (Å²) in [6, 6.07) is 7.18. The molecule has 122 valence electrons. The van der Waals surface area contributed by atoms with Gasteiger partial charge in [-0.25, -0.2) is 0 Å². The van der Waals surface area contributed by atoms with Gasteiger partial charge in [0.25, 0.3) is 0 Å². The molecule has 1 heterocycles. The Morgan fingerprint density at radius 1 is 1.48 bits per heavy atom. The Balaban J connectivity index is 1.78. The van der Waals surface area contributed by atoms with Crippen LogP contribution in [-0.2, 0) is 11.3 Å². The molecule has 0 radical (unpaired) electrons. The van der Waals surface area contributed by atoms with Crippen molar-refractivity contribution in [1.29, 1.82) is 0 Å². The minimum Gasteiger partial charge on any atom is -0.350 e. The molecule has 0 saturated carbocycles. The highest BCUT2D eigenvalue weighted by molar-refractivity contribution is 6.31. The number of carbonyl (C=O) groups is 1. The molecule has 23 heavy (non-hydrogen) atoms. The summed E-state index contributed by atoms with van der Waals surface area (Å²) in [4.78, 5) is 22.0. The lowest BCUT2D eigenvalue weighted by atomic mass is 10.1. The summed E-state index contributed by atoms with van der Waals surface area (Å²) in [5, 5.41) is 17.9. The van der Waals surface area contributed by atoms with Gasteiger partial charge >= 0.3 is 5.69 Å². The van der Waals surface area contributed by atoms with Crippen LogP contribution in [0, 0.1) is 10.1 Å². The molecule has 1 N–H and O–H groups in total. The highest BCUT2D eigenvalue weighted by Crippen LogP contribution is 2.22. The fraction of sp³-hybridized carbons (Fsp3) is 0.333. The highest BCUT2D eigenvalue weighted by Gasteiger charge is 2.13. The zero-order valence-electron chi connectivity index (χ0n) is 12.6. The third-order valence-electron chi connectivity index (χ3n) is 3.37. The Kier molecular flexibility index (Phi) is 5.70. The number of nitrogens with one attached hydrogen (secondary N) is 1. The second-order valence-corrected chi connectivity index (χ2v) is 5.54. The third kappa shape index (κ3) is 4.79. The van der Waals surface area contributed by atoms with E-state index >= 15 is 0 Å². The Labute approximate surface area is 138 Å². The molecule has 1 unspecified atom stereocenters. The quantitative estimate of drug-likeness (QED) is 0.621. The van der Waals surface area contributed by atoms with E-state index in [9.17, 15) is 14.9 Å². The fourth-order valence-corrected chi connectivity index (χ4v) is 2.49. The first-order chi connectivity index (χ1) is 11.0. The van der Waals surface area contributed by atoms with Crippen molar-refractivity contribution in [1.82, 2.24) is 15.1 Å². The van der Waals surface area contributed by atoms with E-state index in [0.29, 0.717) is 24.4 Å². The number of amides is 1. The molecule has 0 aliphatic rings. The molecule has 0 aliphatic carbocycles. The van der Waals surface area contributed by atoms with E-state index in [2.05, 4.69) is 10.4 Å². The number of nitro groups is 1. The van der Waals surface area contributed by atoms with Crippen LogP contribution in [0.5, 0.6) is 0 Å². The lowest BCUT2D eigenvalue weighted by Crippen LogP contribution is -2.26. The lowest BCUT2D eigenvalue weighted by molar-refractivity contribution is -0.385. The van der Waals surface area contributed by atoms with Gasteiger partial charge in [-0.05, 0) is 25.0 Å². The first kappa shape index (κ1) is 17.0. The molecule has 0 fully saturated rings. The largest absolute Gasteiger partial charge is 0.350 e. The summed E-state index contributed by atoms with van der Waals surface area (Å²) in [5.41, 5.74) is 0.812. The van der Waals surface area contributed by atoms with Crippen molar-refractivity contribution in [2.75, 3.05) is 0 Å². The van der Waals surface area contributed by atoms with Crippen molar-refractivity contribution in [3.8, 4) is 0 Å². The number of benzene rings is 1. The van der Waals surface area contributed by atoms with Gasteiger partial charge in [0.15, 0.2) is 0 Å². The molecule has 0 spiro atoms. The molecule has 1 amide bonds. The van der Waals surface area contributed by atoms with Gasteiger partial charge in [0, 0.05) is 18.0 Å². The second kappa shape index (κ2) is 7.73. The van der Waals surface area contributed by atoms with Crippen LogP contribution in [-0.4, -0.2) is 20.6 Å². The van der Waals surface area contributed by atoms with E-state index in [0.717, 1.165) is 5.56 Å². The Hall–Kier alpha value is -2.41. The van der Waals surface area contributed by atoms with Gasteiger partial charge in [-0.3, -0.25) is 19.6 Å². The molecule has 1 atom stereocenters. The van der Waals surface area contributed by atoms with E-state index in [1.807, 2.05) is 25.1 Å². The molecule has 2 aromatic rings. The number of rotatable bonds is 7. The first-order valence-electron chi connectivity index (χ1n) is 7.18. The summed E-state index contributed by atoms with van der Waals surface area (Å²) in [7, 11) is 0. The van der Waals surface area contributed by atoms with Crippen molar-refractivity contribution in [3.63, 3.8) is 0 Å². The van der Waals surface area contributed by atoms with Crippen LogP contribution >= 0.6 is 11.6 Å². The standard InChI is InChI=1S/C15H17ClN4O3/c1-11(13-5-2-3-6-14(13)16)18-15(21)7-4-8-19-10-12(9-17-19)20(22)23/h2-3,5-6,9-11H,4,7-8H2,1H3,(H,18,21). The molecule has 1 aromatic carbocycles. The summed E-state index contributed by atoms with van der Waals surface area (Å²) >= 11 is 6.10. The number of hydrogen-bond donors (Lipinski definition) is 1. The number of aryl methyl sites for hydroxylation is 1. The zero-order chi connectivity index (χ0) is 16.8. The molecular weight excluding hydrogens is 320 g/mol. The smallest absolute Gasteiger partial charge is 0.306 e. The van der Waals surface area contributed by atoms with E-state index in [4.69, 9.17) is 11.6 Å². The van der Waals surface area contributed by atoms with Crippen LogP contribution in [0.3, 0.4) is 0 Å². The highest BCUT2D eigenvalue weighted by atomic mass is 35.5. The van der Waals surface area contributed by atoms with Crippen LogP contribution < -0.4 is 5.32 Å². The van der Waals surface area contributed by atoms with Gasteiger partial charge in [-0.15, -0.1) is 0 Å². The first-order valence-corrected chi connectivity index (χ1v) is 7.56. The van der Waals surface area contributed by atoms with Gasteiger partial charge in [0.1, 0.15) is 12.4 Å². The van der Waals surface area contributed by atoms with Crippen LogP contribution in [0.1, 0.15) is 31.4 Å². The Morgan fingerprint density at radius 2 is 2.22 bits per heavy atom. The molecule has 0 saturated heterocycles. The van der Waals surface area contributed by atoms with E-state index in [1.54, 1.807) is 6.07 Å². The summed E-state index contributed by atoms with van der Waals surface area (Å²) in [6.07, 6.45) is 3.40. The average molecular weight is 337 g/mol. The molecule has 0 bridgehead atoms. The van der Waals surface area contributed by atoms with Crippen molar-refractivity contribution in [2.45, 2.75) is 32.4 Å². The molecule has 8 heteroatoms. The van der Waals surface area contributed by atoms with Crippen molar-refractivity contribution in [2.24, 2.45) is 0 Å². The minimum atomic E-state index is -0.499. The minimum absolute atomic E-state index is 0.0539. The molecule has 0 aliphatic heterocycles. The van der Waals surface area contributed by atoms with Gasteiger partial charge in [0.05, 0.1) is 11.0 Å². The number of halogens is 1. The molecule has 7 nitrogen and oxygen atoms in total.